The van der Waals surface area contributed by atoms with Gasteiger partial charge in [0.15, 0.2) is 16.7 Å². The fourth-order valence-corrected chi connectivity index (χ4v) is 6.04. The van der Waals surface area contributed by atoms with E-state index in [0.29, 0.717) is 23.1 Å². The molecule has 6 rings (SSSR count). The largest absolute Gasteiger partial charge is 0.503 e. The van der Waals surface area contributed by atoms with Gasteiger partial charge in [-0.1, -0.05) is 59.9 Å². The molecule has 0 bridgehead atoms. The standard InChI is InChI=1S/C31H24N2O5S/c1-18-14-19(2)26-24(15-18)39-31(32-26)33-27(25(29(35)30(33)36)28(34)23-12-7-13-37-23)21-10-6-11-22(16-21)38-17-20-8-4-3-5-9-20/h3-16,27,35H,17H2,1-2H3. The number of anilines is 1. The second-order valence-corrected chi connectivity index (χ2v) is 10.4. The third-order valence-electron chi connectivity index (χ3n) is 6.64. The molecule has 1 unspecified atom stereocenters. The normalized spacial score (nSPS) is 15.4. The number of fused-ring (bicyclic) bond motifs is 1. The van der Waals surface area contributed by atoms with Gasteiger partial charge in [0.2, 0.25) is 5.78 Å². The molecule has 3 heterocycles. The molecule has 39 heavy (non-hydrogen) atoms. The molecule has 2 aromatic heterocycles. The highest BCUT2D eigenvalue weighted by molar-refractivity contribution is 7.22. The molecule has 0 saturated heterocycles. The number of thiazole rings is 1. The zero-order valence-electron chi connectivity index (χ0n) is 21.3. The Morgan fingerprint density at radius 3 is 2.64 bits per heavy atom. The van der Waals surface area contributed by atoms with Gasteiger partial charge in [0.05, 0.1) is 28.1 Å². The Bertz CT molecular complexity index is 1740. The maximum atomic E-state index is 13.6. The van der Waals surface area contributed by atoms with Crippen LogP contribution in [-0.4, -0.2) is 21.8 Å². The van der Waals surface area contributed by atoms with Gasteiger partial charge in [0.25, 0.3) is 5.91 Å². The smallest absolute Gasteiger partial charge is 0.296 e. The highest BCUT2D eigenvalue weighted by Gasteiger charge is 2.46. The number of hydrogen-bond donors (Lipinski definition) is 1. The molecule has 3 aromatic carbocycles. The summed E-state index contributed by atoms with van der Waals surface area (Å²) in [6.45, 7) is 4.33. The second kappa shape index (κ2) is 9.89. The number of rotatable bonds is 7. The van der Waals surface area contributed by atoms with Crippen molar-refractivity contribution in [3.63, 3.8) is 0 Å². The van der Waals surface area contributed by atoms with Crippen molar-refractivity contribution >= 4 is 38.4 Å². The van der Waals surface area contributed by atoms with E-state index in [1.807, 2.05) is 62.4 Å². The van der Waals surface area contributed by atoms with Crippen molar-refractivity contribution in [1.29, 1.82) is 0 Å². The predicted octanol–water partition coefficient (Wildman–Crippen LogP) is 6.87. The lowest BCUT2D eigenvalue weighted by molar-refractivity contribution is -0.117. The fraction of sp³-hybridized carbons (Fsp3) is 0.129. The first-order chi connectivity index (χ1) is 18.9. The monoisotopic (exact) mass is 536 g/mol. The number of ether oxygens (including phenoxy) is 1. The van der Waals surface area contributed by atoms with Gasteiger partial charge in [-0.3, -0.25) is 14.5 Å². The summed E-state index contributed by atoms with van der Waals surface area (Å²) in [5.41, 5.74) is 4.38. The van der Waals surface area contributed by atoms with E-state index in [-0.39, 0.29) is 11.3 Å². The summed E-state index contributed by atoms with van der Waals surface area (Å²) in [6.07, 6.45) is 1.38. The molecule has 1 aliphatic rings. The number of furan rings is 1. The van der Waals surface area contributed by atoms with Crippen LogP contribution in [-0.2, 0) is 11.4 Å². The van der Waals surface area contributed by atoms with Crippen LogP contribution in [0.25, 0.3) is 10.2 Å². The quantitative estimate of drug-likeness (QED) is 0.228. The van der Waals surface area contributed by atoms with Crippen LogP contribution in [0.5, 0.6) is 5.75 Å². The molecule has 5 aromatic rings. The zero-order chi connectivity index (χ0) is 27.1. The predicted molar refractivity (Wildman–Crippen MR) is 149 cm³/mol. The SMILES string of the molecule is Cc1cc(C)c2nc(N3C(=O)C(O)=C(C(=O)c4ccco4)C3c3cccc(OCc4ccccc4)c3)sc2c1. The Morgan fingerprint density at radius 1 is 1.05 bits per heavy atom. The van der Waals surface area contributed by atoms with Crippen LogP contribution in [0.2, 0.25) is 0 Å². The molecule has 194 valence electrons. The number of aryl methyl sites for hydroxylation is 2. The van der Waals surface area contributed by atoms with Crippen LogP contribution in [0, 0.1) is 13.8 Å². The minimum atomic E-state index is -0.933. The molecule has 1 atom stereocenters. The average Bonchev–Trinajstić information content (AvgIpc) is 3.67. The van der Waals surface area contributed by atoms with Crippen LogP contribution in [0.1, 0.15) is 38.9 Å². The average molecular weight is 537 g/mol. The van der Waals surface area contributed by atoms with Crippen LogP contribution in [0.15, 0.2) is 101 Å². The molecule has 7 nitrogen and oxygen atoms in total. The summed E-state index contributed by atoms with van der Waals surface area (Å²) in [6, 6.07) is 23.2. The fourth-order valence-electron chi connectivity index (χ4n) is 4.87. The van der Waals surface area contributed by atoms with Crippen LogP contribution < -0.4 is 9.64 Å². The van der Waals surface area contributed by atoms with Gasteiger partial charge in [-0.2, -0.15) is 0 Å². The number of aliphatic hydroxyl groups is 1. The van der Waals surface area contributed by atoms with Crippen molar-refractivity contribution in [2.75, 3.05) is 4.90 Å². The number of nitrogens with zero attached hydrogens (tertiary/aromatic N) is 2. The van der Waals surface area contributed by atoms with E-state index in [9.17, 15) is 14.7 Å². The first-order valence-electron chi connectivity index (χ1n) is 12.4. The molecule has 0 spiro atoms. The van der Waals surface area contributed by atoms with Crippen LogP contribution >= 0.6 is 11.3 Å². The topological polar surface area (TPSA) is 92.9 Å². The van der Waals surface area contributed by atoms with E-state index in [4.69, 9.17) is 14.1 Å². The number of ketones is 1. The van der Waals surface area contributed by atoms with Crippen LogP contribution in [0.4, 0.5) is 5.13 Å². The number of carbonyl (C=O) groups excluding carboxylic acids is 2. The lowest BCUT2D eigenvalue weighted by Gasteiger charge is -2.24. The number of Topliss-reactive ketones (excluding diaryl/α,β-unsaturated/α-hetero) is 1. The van der Waals surface area contributed by atoms with Gasteiger partial charge in [-0.05, 0) is 66.4 Å². The zero-order valence-corrected chi connectivity index (χ0v) is 22.1. The van der Waals surface area contributed by atoms with Crippen molar-refractivity contribution in [3.8, 4) is 5.75 Å². The Kier molecular flexibility index (Phi) is 6.24. The van der Waals surface area contributed by atoms with Gasteiger partial charge < -0.3 is 14.3 Å². The summed E-state index contributed by atoms with van der Waals surface area (Å²) >= 11 is 1.34. The number of hydrogen-bond acceptors (Lipinski definition) is 7. The van der Waals surface area contributed by atoms with Gasteiger partial charge >= 0.3 is 0 Å². The molecular weight excluding hydrogens is 512 g/mol. The van der Waals surface area contributed by atoms with Crippen molar-refractivity contribution in [3.05, 3.63) is 124 Å². The Balaban J connectivity index is 1.45. The third kappa shape index (κ3) is 4.49. The lowest BCUT2D eigenvalue weighted by Crippen LogP contribution is -2.31. The molecule has 0 aliphatic carbocycles. The van der Waals surface area contributed by atoms with E-state index < -0.39 is 23.5 Å². The number of aliphatic hydroxyl groups excluding tert-OH is 1. The molecule has 1 amide bonds. The Labute approximate surface area is 228 Å². The summed E-state index contributed by atoms with van der Waals surface area (Å²) < 4.78 is 12.3. The van der Waals surface area contributed by atoms with Crippen molar-refractivity contribution < 1.29 is 23.8 Å². The Hall–Kier alpha value is -4.69. The van der Waals surface area contributed by atoms with E-state index >= 15 is 0 Å². The Morgan fingerprint density at radius 2 is 1.87 bits per heavy atom. The van der Waals surface area contributed by atoms with Gasteiger partial charge in [0, 0.05) is 0 Å². The molecule has 1 aliphatic heterocycles. The van der Waals surface area contributed by atoms with E-state index in [0.717, 1.165) is 26.9 Å². The molecular formula is C31H24N2O5S. The first kappa shape index (κ1) is 24.6. The lowest BCUT2D eigenvalue weighted by atomic mass is 9.95. The third-order valence-corrected chi connectivity index (χ3v) is 7.65. The van der Waals surface area contributed by atoms with Crippen molar-refractivity contribution in [1.82, 2.24) is 4.98 Å². The number of aromatic nitrogens is 1. The van der Waals surface area contributed by atoms with E-state index in [2.05, 4.69) is 0 Å². The number of benzene rings is 3. The van der Waals surface area contributed by atoms with Gasteiger partial charge in [-0.15, -0.1) is 0 Å². The summed E-state index contributed by atoms with van der Waals surface area (Å²) in [5, 5.41) is 11.4. The molecule has 1 N–H and O–H groups in total. The molecule has 0 fully saturated rings. The maximum Gasteiger partial charge on any atom is 0.296 e. The minimum Gasteiger partial charge on any atom is -0.503 e. The highest BCUT2D eigenvalue weighted by Crippen LogP contribution is 2.45. The molecule has 0 radical (unpaired) electrons. The summed E-state index contributed by atoms with van der Waals surface area (Å²) in [7, 11) is 0. The summed E-state index contributed by atoms with van der Waals surface area (Å²) in [5.74, 6) is -1.29. The first-order valence-corrected chi connectivity index (χ1v) is 13.2. The minimum absolute atomic E-state index is 0.0310. The van der Waals surface area contributed by atoms with E-state index in [1.165, 1.54) is 28.6 Å². The maximum absolute atomic E-state index is 13.6. The number of carbonyl (C=O) groups is 2. The van der Waals surface area contributed by atoms with Gasteiger partial charge in [0.1, 0.15) is 12.4 Å². The van der Waals surface area contributed by atoms with Crippen LogP contribution in [0.3, 0.4) is 0 Å². The molecule has 8 heteroatoms. The van der Waals surface area contributed by atoms with E-state index in [1.54, 1.807) is 24.3 Å². The van der Waals surface area contributed by atoms with Crippen molar-refractivity contribution in [2.24, 2.45) is 0 Å². The van der Waals surface area contributed by atoms with Gasteiger partial charge in [-0.25, -0.2) is 4.98 Å². The van der Waals surface area contributed by atoms with Crippen molar-refractivity contribution in [2.45, 2.75) is 26.5 Å². The number of amides is 1. The highest BCUT2D eigenvalue weighted by atomic mass is 32.1. The summed E-state index contributed by atoms with van der Waals surface area (Å²) in [4.78, 5) is 33.3. The second-order valence-electron chi connectivity index (χ2n) is 9.42. The molecule has 0 saturated carbocycles.